The molecule has 0 saturated heterocycles. The van der Waals surface area contributed by atoms with Gasteiger partial charge in [0.2, 0.25) is 0 Å². The zero-order chi connectivity index (χ0) is 8.72. The van der Waals surface area contributed by atoms with Crippen molar-refractivity contribution in [2.24, 2.45) is 0 Å². The molecule has 1 aromatic rings. The van der Waals surface area contributed by atoms with Crippen LogP contribution < -0.4 is 37.2 Å². The van der Waals surface area contributed by atoms with E-state index in [4.69, 9.17) is 0 Å². The van der Waals surface area contributed by atoms with E-state index in [0.29, 0.717) is 5.92 Å². The second-order valence-electron chi connectivity index (χ2n) is 3.53. The average Bonchev–Trinajstić information content (AvgIpc) is 2.33. The Bertz CT molecular complexity index is 361. The average molecular weight is 311 g/mol. The maximum atomic E-state index is 3.30. The van der Waals surface area contributed by atoms with Gasteiger partial charge in [-0.25, -0.2) is 0 Å². The van der Waals surface area contributed by atoms with Gasteiger partial charge in [-0.3, -0.25) is 0 Å². The largest absolute Gasteiger partial charge is 4.00 e. The topological polar surface area (TPSA) is 0 Å². The molecule has 0 radical (unpaired) electrons. The number of allylic oxidation sites excluding steroid dienone is 2. The molecule has 0 saturated carbocycles. The van der Waals surface area contributed by atoms with Crippen LogP contribution in [0.3, 0.4) is 0 Å². The first-order valence-corrected chi connectivity index (χ1v) is 4.40. The van der Waals surface area contributed by atoms with E-state index in [-0.39, 0.29) is 58.9 Å². The number of rotatable bonds is 0. The van der Waals surface area contributed by atoms with Crippen LogP contribution in [0.2, 0.25) is 0 Å². The summed E-state index contributed by atoms with van der Waals surface area (Å²) in [6, 6.07) is 9.57. The van der Waals surface area contributed by atoms with Gasteiger partial charge in [-0.15, -0.1) is 46.5 Å². The van der Waals surface area contributed by atoms with Gasteiger partial charge in [0.25, 0.3) is 0 Å². The summed E-state index contributed by atoms with van der Waals surface area (Å²) in [7, 11) is 0. The van der Waals surface area contributed by atoms with Gasteiger partial charge in [-0.05, 0) is 5.92 Å². The Morgan fingerprint density at radius 3 is 2.19 bits per heavy atom. The standard InChI is InChI=1S/C12H13.3ClH.Ti/c1-8-9(2)11-6-4-5-7-12(11)10(8)3;;;;/h4-6,9H,1-3H3;3*1H;/q-1;;;;+4/p-3. The van der Waals surface area contributed by atoms with Gasteiger partial charge in [0.15, 0.2) is 0 Å². The normalized spacial score (nSPS) is 16.1. The molecular weight excluding hydrogens is 298 g/mol. The van der Waals surface area contributed by atoms with Crippen molar-refractivity contribution in [2.75, 3.05) is 0 Å². The monoisotopic (exact) mass is 310 g/mol. The van der Waals surface area contributed by atoms with E-state index in [0.717, 1.165) is 0 Å². The van der Waals surface area contributed by atoms with Crippen LogP contribution >= 0.6 is 0 Å². The summed E-state index contributed by atoms with van der Waals surface area (Å²) in [5.74, 6) is 0.595. The van der Waals surface area contributed by atoms with Gasteiger partial charge < -0.3 is 37.2 Å². The molecule has 0 N–H and O–H groups in total. The second kappa shape index (κ2) is 8.61. The Balaban J connectivity index is -0.000000422. The molecule has 0 aliphatic heterocycles. The maximum absolute atomic E-state index is 3.30. The maximum Gasteiger partial charge on any atom is 4.00 e. The van der Waals surface area contributed by atoms with E-state index in [1.165, 1.54) is 22.3 Å². The van der Waals surface area contributed by atoms with Crippen molar-refractivity contribution in [3.63, 3.8) is 0 Å². The summed E-state index contributed by atoms with van der Waals surface area (Å²) in [5.41, 5.74) is 5.67. The molecule has 0 amide bonds. The molecule has 1 unspecified atom stereocenters. The molecular formula is C12H13Cl3Ti. The van der Waals surface area contributed by atoms with Gasteiger partial charge in [-0.2, -0.15) is 0 Å². The fraction of sp³-hybridized carbons (Fsp3) is 0.333. The predicted molar refractivity (Wildman–Crippen MR) is 52.0 cm³/mol. The van der Waals surface area contributed by atoms with Crippen molar-refractivity contribution in [1.29, 1.82) is 0 Å². The molecule has 1 atom stereocenters. The van der Waals surface area contributed by atoms with Gasteiger partial charge in [0, 0.05) is 0 Å². The van der Waals surface area contributed by atoms with Crippen molar-refractivity contribution in [3.05, 3.63) is 41.0 Å². The molecule has 0 fully saturated rings. The zero-order valence-corrected chi connectivity index (χ0v) is 13.3. The Hall–Kier alpha value is 0.544. The van der Waals surface area contributed by atoms with Crippen LogP contribution in [0.5, 0.6) is 0 Å². The zero-order valence-electron chi connectivity index (χ0n) is 9.44. The Morgan fingerprint density at radius 1 is 1.12 bits per heavy atom. The number of fused-ring (bicyclic) bond motifs is 1. The van der Waals surface area contributed by atoms with Crippen LogP contribution in [0, 0.1) is 6.07 Å². The number of benzene rings is 1. The van der Waals surface area contributed by atoms with Gasteiger partial charge in [0.1, 0.15) is 0 Å². The molecule has 2 rings (SSSR count). The van der Waals surface area contributed by atoms with E-state index in [9.17, 15) is 0 Å². The molecule has 0 nitrogen and oxygen atoms in total. The van der Waals surface area contributed by atoms with E-state index in [2.05, 4.69) is 39.0 Å². The minimum Gasteiger partial charge on any atom is -1.00 e. The first-order chi connectivity index (χ1) is 5.72. The van der Waals surface area contributed by atoms with Crippen molar-refractivity contribution >= 4 is 5.57 Å². The van der Waals surface area contributed by atoms with Crippen LogP contribution in [0.25, 0.3) is 5.57 Å². The summed E-state index contributed by atoms with van der Waals surface area (Å²) >= 11 is 0. The molecule has 1 aliphatic carbocycles. The molecule has 0 heterocycles. The Morgan fingerprint density at radius 2 is 1.69 bits per heavy atom. The van der Waals surface area contributed by atoms with Gasteiger partial charge in [-0.1, -0.05) is 20.8 Å². The molecule has 4 heteroatoms. The minimum absolute atomic E-state index is 0. The first-order valence-electron chi connectivity index (χ1n) is 4.40. The van der Waals surface area contributed by atoms with Crippen molar-refractivity contribution in [3.8, 4) is 0 Å². The summed E-state index contributed by atoms with van der Waals surface area (Å²) in [6.45, 7) is 6.67. The molecule has 1 aliphatic rings. The summed E-state index contributed by atoms with van der Waals surface area (Å²) in [6.07, 6.45) is 0. The third-order valence-corrected chi connectivity index (χ3v) is 2.97. The third kappa shape index (κ3) is 3.52. The summed E-state index contributed by atoms with van der Waals surface area (Å²) in [4.78, 5) is 0. The van der Waals surface area contributed by atoms with Crippen LogP contribution in [0.4, 0.5) is 0 Å². The number of halogens is 3. The van der Waals surface area contributed by atoms with Crippen molar-refractivity contribution in [2.45, 2.75) is 26.7 Å². The molecule has 0 spiro atoms. The van der Waals surface area contributed by atoms with E-state index in [1.54, 1.807) is 0 Å². The Labute approximate surface area is 131 Å². The first kappa shape index (κ1) is 21.8. The third-order valence-electron chi connectivity index (χ3n) is 2.97. The quantitative estimate of drug-likeness (QED) is 0.331. The van der Waals surface area contributed by atoms with Crippen LogP contribution in [-0.2, 0) is 21.7 Å². The molecule has 0 bridgehead atoms. The summed E-state index contributed by atoms with van der Waals surface area (Å²) < 4.78 is 0. The fourth-order valence-corrected chi connectivity index (χ4v) is 1.89. The smallest absolute Gasteiger partial charge is 1.00 e. The predicted octanol–water partition coefficient (Wildman–Crippen LogP) is -5.59. The van der Waals surface area contributed by atoms with Crippen LogP contribution in [0.15, 0.2) is 23.8 Å². The van der Waals surface area contributed by atoms with Crippen LogP contribution in [0.1, 0.15) is 37.8 Å². The van der Waals surface area contributed by atoms with E-state index in [1.807, 2.05) is 6.07 Å². The minimum atomic E-state index is 0. The van der Waals surface area contributed by atoms with E-state index >= 15 is 0 Å². The molecule has 86 valence electrons. The van der Waals surface area contributed by atoms with E-state index < -0.39 is 0 Å². The van der Waals surface area contributed by atoms with Gasteiger partial charge in [0.05, 0.1) is 0 Å². The van der Waals surface area contributed by atoms with Gasteiger partial charge >= 0.3 is 21.7 Å². The SMILES string of the molecule is CC1=C(C)C(C)c2ccc[c-]c21.[Cl-].[Cl-].[Cl-].[Ti+4]. The number of hydrogen-bond donors (Lipinski definition) is 0. The molecule has 0 aromatic heterocycles. The Kier molecular flexibility index (Phi) is 11.7. The second-order valence-corrected chi connectivity index (χ2v) is 3.53. The van der Waals surface area contributed by atoms with Crippen LogP contribution in [-0.4, -0.2) is 0 Å². The van der Waals surface area contributed by atoms with Crippen molar-refractivity contribution in [1.82, 2.24) is 0 Å². The van der Waals surface area contributed by atoms with Crippen molar-refractivity contribution < 1.29 is 58.9 Å². The summed E-state index contributed by atoms with van der Waals surface area (Å²) in [5, 5.41) is 0. The number of hydrogen-bond acceptors (Lipinski definition) is 0. The fourth-order valence-electron chi connectivity index (χ4n) is 1.89. The molecule has 16 heavy (non-hydrogen) atoms. The molecule has 1 aromatic carbocycles.